The molecular formula is C14H19F3N4. The SMILES string of the molecule is CN(c1cnc(C(F)(F)F)cn1)C1CCC2(CC1)CNC2. The van der Waals surface area contributed by atoms with Crippen LogP contribution in [0.2, 0.25) is 0 Å². The Morgan fingerprint density at radius 2 is 1.86 bits per heavy atom. The zero-order valence-corrected chi connectivity index (χ0v) is 12.0. The lowest BCUT2D eigenvalue weighted by Gasteiger charge is -2.48. The first-order chi connectivity index (χ1) is 9.90. The maximum absolute atomic E-state index is 12.5. The summed E-state index contributed by atoms with van der Waals surface area (Å²) in [6.45, 7) is 2.20. The molecule has 1 saturated carbocycles. The molecule has 1 saturated heterocycles. The average Bonchev–Trinajstić information content (AvgIpc) is 2.44. The van der Waals surface area contributed by atoms with Crippen LogP contribution in [0.1, 0.15) is 31.4 Å². The maximum Gasteiger partial charge on any atom is 0.434 e. The second kappa shape index (κ2) is 5.12. The van der Waals surface area contributed by atoms with E-state index in [0.717, 1.165) is 32.1 Å². The van der Waals surface area contributed by atoms with Gasteiger partial charge in [0.1, 0.15) is 5.82 Å². The van der Waals surface area contributed by atoms with E-state index < -0.39 is 11.9 Å². The summed E-state index contributed by atoms with van der Waals surface area (Å²) in [6.07, 6.45) is 2.05. The first-order valence-corrected chi connectivity index (χ1v) is 7.22. The Bertz CT molecular complexity index is 486. The van der Waals surface area contributed by atoms with Crippen LogP contribution in [0.4, 0.5) is 19.0 Å². The molecule has 1 aliphatic heterocycles. The first-order valence-electron chi connectivity index (χ1n) is 7.22. The molecule has 21 heavy (non-hydrogen) atoms. The number of nitrogens with zero attached hydrogens (tertiary/aromatic N) is 3. The normalized spacial score (nSPS) is 22.1. The molecule has 3 rings (SSSR count). The summed E-state index contributed by atoms with van der Waals surface area (Å²) in [4.78, 5) is 9.37. The van der Waals surface area contributed by atoms with Crippen molar-refractivity contribution >= 4 is 5.82 Å². The Labute approximate surface area is 121 Å². The monoisotopic (exact) mass is 300 g/mol. The van der Waals surface area contributed by atoms with Gasteiger partial charge in [0, 0.05) is 26.2 Å². The fourth-order valence-electron chi connectivity index (χ4n) is 3.27. The van der Waals surface area contributed by atoms with E-state index in [4.69, 9.17) is 0 Å². The fraction of sp³-hybridized carbons (Fsp3) is 0.714. The summed E-state index contributed by atoms with van der Waals surface area (Å²) in [5, 5.41) is 3.33. The topological polar surface area (TPSA) is 41.1 Å². The standard InChI is InChI=1S/C14H19F3N4/c1-21(10-2-4-13(5-3-10)8-18-9-13)12-7-19-11(6-20-12)14(15,16)17/h6-7,10,18H,2-5,8-9H2,1H3. The van der Waals surface area contributed by atoms with Crippen molar-refractivity contribution in [3.8, 4) is 0 Å². The second-order valence-electron chi connectivity index (χ2n) is 6.20. The number of nitrogens with one attached hydrogen (secondary N) is 1. The highest BCUT2D eigenvalue weighted by Gasteiger charge is 2.41. The molecule has 0 bridgehead atoms. The largest absolute Gasteiger partial charge is 0.434 e. The molecule has 7 heteroatoms. The van der Waals surface area contributed by atoms with Gasteiger partial charge in [0.15, 0.2) is 5.69 Å². The molecule has 0 radical (unpaired) electrons. The summed E-state index contributed by atoms with van der Waals surface area (Å²) >= 11 is 0. The van der Waals surface area contributed by atoms with E-state index in [1.165, 1.54) is 19.0 Å². The van der Waals surface area contributed by atoms with Crippen molar-refractivity contribution in [3.05, 3.63) is 18.1 Å². The average molecular weight is 300 g/mol. The zero-order valence-electron chi connectivity index (χ0n) is 12.0. The van der Waals surface area contributed by atoms with Crippen LogP contribution in [-0.4, -0.2) is 36.1 Å². The molecule has 1 N–H and O–H groups in total. The highest BCUT2D eigenvalue weighted by molar-refractivity contribution is 5.36. The minimum atomic E-state index is -4.43. The van der Waals surface area contributed by atoms with Gasteiger partial charge < -0.3 is 10.2 Å². The third kappa shape index (κ3) is 2.84. The molecule has 2 fully saturated rings. The molecule has 1 aromatic heterocycles. The summed E-state index contributed by atoms with van der Waals surface area (Å²) in [5.41, 5.74) is -0.467. The van der Waals surface area contributed by atoms with Crippen LogP contribution in [0.15, 0.2) is 12.4 Å². The summed E-state index contributed by atoms with van der Waals surface area (Å²) in [5.74, 6) is 0.510. The maximum atomic E-state index is 12.5. The lowest BCUT2D eigenvalue weighted by Crippen LogP contribution is -2.56. The molecule has 4 nitrogen and oxygen atoms in total. The number of hydrogen-bond acceptors (Lipinski definition) is 4. The van der Waals surface area contributed by atoms with E-state index in [-0.39, 0.29) is 0 Å². The number of halogens is 3. The quantitative estimate of drug-likeness (QED) is 0.911. The molecule has 1 spiro atoms. The van der Waals surface area contributed by atoms with Gasteiger partial charge in [-0.05, 0) is 31.1 Å². The lowest BCUT2D eigenvalue weighted by molar-refractivity contribution is -0.141. The Morgan fingerprint density at radius 1 is 1.19 bits per heavy atom. The number of anilines is 1. The van der Waals surface area contributed by atoms with Crippen molar-refractivity contribution in [2.75, 3.05) is 25.0 Å². The van der Waals surface area contributed by atoms with Crippen molar-refractivity contribution < 1.29 is 13.2 Å². The molecule has 2 aliphatic rings. The van der Waals surface area contributed by atoms with Gasteiger partial charge in [0.2, 0.25) is 0 Å². The van der Waals surface area contributed by atoms with Gasteiger partial charge in [-0.15, -0.1) is 0 Å². The van der Waals surface area contributed by atoms with Crippen LogP contribution >= 0.6 is 0 Å². The highest BCUT2D eigenvalue weighted by atomic mass is 19.4. The van der Waals surface area contributed by atoms with E-state index in [2.05, 4.69) is 15.3 Å². The molecule has 1 aliphatic carbocycles. The number of aromatic nitrogens is 2. The molecule has 2 heterocycles. The van der Waals surface area contributed by atoms with Gasteiger partial charge in [-0.1, -0.05) is 0 Å². The lowest BCUT2D eigenvalue weighted by atomic mass is 9.68. The predicted molar refractivity (Wildman–Crippen MR) is 73.0 cm³/mol. The van der Waals surface area contributed by atoms with Gasteiger partial charge in [0.05, 0.1) is 12.4 Å². The van der Waals surface area contributed by atoms with Crippen molar-refractivity contribution in [3.63, 3.8) is 0 Å². The van der Waals surface area contributed by atoms with Gasteiger partial charge >= 0.3 is 6.18 Å². The second-order valence-corrected chi connectivity index (χ2v) is 6.20. The first kappa shape index (κ1) is 14.6. The summed E-state index contributed by atoms with van der Waals surface area (Å²) in [6, 6.07) is 0.335. The van der Waals surface area contributed by atoms with Crippen molar-refractivity contribution in [2.45, 2.75) is 37.9 Å². The molecule has 116 valence electrons. The van der Waals surface area contributed by atoms with Crippen LogP contribution in [0.3, 0.4) is 0 Å². The van der Waals surface area contributed by atoms with Gasteiger partial charge in [-0.3, -0.25) is 0 Å². The summed E-state index contributed by atoms with van der Waals surface area (Å²) in [7, 11) is 1.89. The zero-order chi connectivity index (χ0) is 15.1. The Morgan fingerprint density at radius 3 is 2.29 bits per heavy atom. The van der Waals surface area contributed by atoms with E-state index in [1.54, 1.807) is 0 Å². The third-order valence-corrected chi connectivity index (χ3v) is 4.85. The van der Waals surface area contributed by atoms with Gasteiger partial charge in [-0.25, -0.2) is 9.97 Å². The number of rotatable bonds is 2. The fourth-order valence-corrected chi connectivity index (χ4v) is 3.27. The van der Waals surface area contributed by atoms with E-state index >= 15 is 0 Å². The third-order valence-electron chi connectivity index (χ3n) is 4.85. The van der Waals surface area contributed by atoms with Crippen LogP contribution < -0.4 is 10.2 Å². The van der Waals surface area contributed by atoms with Gasteiger partial charge in [0.25, 0.3) is 0 Å². The number of alkyl halides is 3. The van der Waals surface area contributed by atoms with Crippen LogP contribution in [0.5, 0.6) is 0 Å². The Kier molecular flexibility index (Phi) is 3.55. The van der Waals surface area contributed by atoms with Crippen LogP contribution in [-0.2, 0) is 6.18 Å². The van der Waals surface area contributed by atoms with E-state index in [9.17, 15) is 13.2 Å². The van der Waals surface area contributed by atoms with Crippen molar-refractivity contribution in [1.29, 1.82) is 0 Å². The Hall–Kier alpha value is -1.37. The number of hydrogen-bond donors (Lipinski definition) is 1. The molecule has 0 aromatic carbocycles. The predicted octanol–water partition coefficient (Wildman–Crippen LogP) is 2.46. The van der Waals surface area contributed by atoms with Crippen LogP contribution in [0, 0.1) is 5.41 Å². The van der Waals surface area contributed by atoms with Crippen molar-refractivity contribution in [1.82, 2.24) is 15.3 Å². The van der Waals surface area contributed by atoms with Crippen molar-refractivity contribution in [2.24, 2.45) is 5.41 Å². The minimum Gasteiger partial charge on any atom is -0.355 e. The molecular weight excluding hydrogens is 281 g/mol. The minimum absolute atomic E-state index is 0.335. The smallest absolute Gasteiger partial charge is 0.355 e. The van der Waals surface area contributed by atoms with Crippen LogP contribution in [0.25, 0.3) is 0 Å². The summed E-state index contributed by atoms with van der Waals surface area (Å²) < 4.78 is 37.5. The Balaban J connectivity index is 1.64. The molecule has 0 unspecified atom stereocenters. The van der Waals surface area contributed by atoms with E-state index in [1.807, 2.05) is 11.9 Å². The molecule has 0 amide bonds. The molecule has 1 aromatic rings. The van der Waals surface area contributed by atoms with Gasteiger partial charge in [-0.2, -0.15) is 13.2 Å². The van der Waals surface area contributed by atoms with E-state index in [0.29, 0.717) is 17.3 Å². The molecule has 0 atom stereocenters. The highest BCUT2D eigenvalue weighted by Crippen LogP contribution is 2.41.